The fourth-order valence-corrected chi connectivity index (χ4v) is 4.22. The van der Waals surface area contributed by atoms with Crippen molar-refractivity contribution in [3.8, 4) is 5.75 Å². The standard InChI is InChI=1S/C25H26ClNO3/c1-25(2,3)15-27-21-11-9-16(26)13-20(21)24(30-14-23(27)28)19-10-12-22(29-4)18-8-6-5-7-17(18)19/h5-13,24H,14-15H2,1-4H3. The molecule has 0 radical (unpaired) electrons. The van der Waals surface area contributed by atoms with Crippen LogP contribution in [0.1, 0.15) is 38.0 Å². The molecular formula is C25H26ClNO3. The van der Waals surface area contributed by atoms with Crippen LogP contribution in [0, 0.1) is 5.41 Å². The lowest BCUT2D eigenvalue weighted by Crippen LogP contribution is -2.39. The lowest BCUT2D eigenvalue weighted by atomic mass is 9.92. The molecule has 0 saturated carbocycles. The molecule has 30 heavy (non-hydrogen) atoms. The van der Waals surface area contributed by atoms with Crippen LogP contribution in [0.3, 0.4) is 0 Å². The van der Waals surface area contributed by atoms with Crippen molar-refractivity contribution in [1.82, 2.24) is 0 Å². The van der Waals surface area contributed by atoms with Crippen LogP contribution in [0.4, 0.5) is 5.69 Å². The molecule has 0 aromatic heterocycles. The van der Waals surface area contributed by atoms with Gasteiger partial charge in [-0.15, -0.1) is 0 Å². The number of anilines is 1. The number of halogens is 1. The van der Waals surface area contributed by atoms with E-state index in [4.69, 9.17) is 21.1 Å². The lowest BCUT2D eigenvalue weighted by molar-refractivity contribution is -0.124. The first-order chi connectivity index (χ1) is 14.3. The molecule has 3 aromatic carbocycles. The summed E-state index contributed by atoms with van der Waals surface area (Å²) in [4.78, 5) is 14.9. The molecule has 1 heterocycles. The highest BCUT2D eigenvalue weighted by atomic mass is 35.5. The Morgan fingerprint density at radius 3 is 2.50 bits per heavy atom. The van der Waals surface area contributed by atoms with Gasteiger partial charge in [-0.2, -0.15) is 0 Å². The number of benzene rings is 3. The third kappa shape index (κ3) is 3.90. The van der Waals surface area contributed by atoms with E-state index in [2.05, 4.69) is 26.8 Å². The van der Waals surface area contributed by atoms with Crippen molar-refractivity contribution in [2.75, 3.05) is 25.2 Å². The fraction of sp³-hybridized carbons (Fsp3) is 0.320. The third-order valence-corrected chi connectivity index (χ3v) is 5.53. The number of hydrogen-bond acceptors (Lipinski definition) is 3. The van der Waals surface area contributed by atoms with E-state index in [0.717, 1.165) is 33.3 Å². The van der Waals surface area contributed by atoms with Crippen LogP contribution < -0.4 is 9.64 Å². The van der Waals surface area contributed by atoms with E-state index >= 15 is 0 Å². The van der Waals surface area contributed by atoms with Gasteiger partial charge < -0.3 is 14.4 Å². The quantitative estimate of drug-likeness (QED) is 0.518. The first kappa shape index (κ1) is 20.7. The number of carbonyl (C=O) groups excluding carboxylic acids is 1. The van der Waals surface area contributed by atoms with Crippen molar-refractivity contribution in [2.45, 2.75) is 26.9 Å². The Hall–Kier alpha value is -2.56. The molecule has 1 unspecified atom stereocenters. The second-order valence-electron chi connectivity index (χ2n) is 8.84. The van der Waals surface area contributed by atoms with Gasteiger partial charge in [0.15, 0.2) is 0 Å². The van der Waals surface area contributed by atoms with Gasteiger partial charge in [-0.1, -0.05) is 62.7 Å². The van der Waals surface area contributed by atoms with E-state index in [9.17, 15) is 4.79 Å². The van der Waals surface area contributed by atoms with Crippen molar-refractivity contribution >= 4 is 34.0 Å². The Kier molecular flexibility index (Phi) is 5.48. The van der Waals surface area contributed by atoms with E-state index in [1.54, 1.807) is 7.11 Å². The van der Waals surface area contributed by atoms with Crippen molar-refractivity contribution in [3.05, 3.63) is 70.7 Å². The summed E-state index contributed by atoms with van der Waals surface area (Å²) in [5.41, 5.74) is 2.68. The predicted octanol–water partition coefficient (Wildman–Crippen LogP) is 6.00. The number of fused-ring (bicyclic) bond motifs is 2. The summed E-state index contributed by atoms with van der Waals surface area (Å²) < 4.78 is 11.8. The largest absolute Gasteiger partial charge is 0.496 e. The van der Waals surface area contributed by atoms with E-state index in [0.29, 0.717) is 11.6 Å². The van der Waals surface area contributed by atoms with E-state index < -0.39 is 6.10 Å². The maximum atomic E-state index is 13.0. The summed E-state index contributed by atoms with van der Waals surface area (Å²) in [6, 6.07) is 17.7. The maximum Gasteiger partial charge on any atom is 0.253 e. The zero-order valence-corrected chi connectivity index (χ0v) is 18.5. The second-order valence-corrected chi connectivity index (χ2v) is 9.27. The predicted molar refractivity (Wildman–Crippen MR) is 122 cm³/mol. The van der Waals surface area contributed by atoms with Crippen molar-refractivity contribution < 1.29 is 14.3 Å². The molecule has 1 aliphatic heterocycles. The van der Waals surface area contributed by atoms with E-state index in [1.165, 1.54) is 0 Å². The lowest BCUT2D eigenvalue weighted by Gasteiger charge is -2.30. The summed E-state index contributed by atoms with van der Waals surface area (Å²) >= 11 is 6.39. The smallest absolute Gasteiger partial charge is 0.253 e. The summed E-state index contributed by atoms with van der Waals surface area (Å²) in [6.45, 7) is 6.97. The van der Waals surface area contributed by atoms with Crippen molar-refractivity contribution in [1.29, 1.82) is 0 Å². The normalized spacial score (nSPS) is 17.0. The van der Waals surface area contributed by atoms with Gasteiger partial charge >= 0.3 is 0 Å². The molecule has 0 fully saturated rings. The SMILES string of the molecule is COc1ccc(C2OCC(=O)N(CC(C)(C)C)c3ccc(Cl)cc32)c2ccccc12. The van der Waals surface area contributed by atoms with Gasteiger partial charge in [-0.25, -0.2) is 0 Å². The number of amides is 1. The van der Waals surface area contributed by atoms with Crippen LogP contribution in [-0.4, -0.2) is 26.2 Å². The first-order valence-corrected chi connectivity index (χ1v) is 10.4. The molecule has 156 valence electrons. The third-order valence-electron chi connectivity index (χ3n) is 5.29. The molecule has 1 aliphatic rings. The molecule has 0 bridgehead atoms. The molecule has 0 N–H and O–H groups in total. The zero-order valence-electron chi connectivity index (χ0n) is 17.7. The van der Waals surface area contributed by atoms with Crippen molar-refractivity contribution in [3.63, 3.8) is 0 Å². The number of ether oxygens (including phenoxy) is 2. The Labute approximate surface area is 182 Å². The van der Waals surface area contributed by atoms with Gasteiger partial charge in [0.25, 0.3) is 5.91 Å². The second kappa shape index (κ2) is 7.93. The number of methoxy groups -OCH3 is 1. The number of carbonyl (C=O) groups is 1. The highest BCUT2D eigenvalue weighted by Gasteiger charge is 2.32. The van der Waals surface area contributed by atoms with Crippen LogP contribution in [-0.2, 0) is 9.53 Å². The van der Waals surface area contributed by atoms with Gasteiger partial charge in [0, 0.05) is 28.2 Å². The molecule has 1 amide bonds. The molecular weight excluding hydrogens is 398 g/mol. The molecule has 0 spiro atoms. The topological polar surface area (TPSA) is 38.8 Å². The molecule has 1 atom stereocenters. The highest BCUT2D eigenvalue weighted by Crippen LogP contribution is 2.42. The van der Waals surface area contributed by atoms with Crippen LogP contribution in [0.5, 0.6) is 5.75 Å². The zero-order chi connectivity index (χ0) is 21.5. The van der Waals surface area contributed by atoms with Crippen LogP contribution in [0.15, 0.2) is 54.6 Å². The maximum absolute atomic E-state index is 13.0. The Morgan fingerprint density at radius 1 is 1.07 bits per heavy atom. The van der Waals surface area contributed by atoms with Crippen LogP contribution >= 0.6 is 11.6 Å². The van der Waals surface area contributed by atoms with Gasteiger partial charge in [-0.05, 0) is 40.6 Å². The average molecular weight is 424 g/mol. The van der Waals surface area contributed by atoms with E-state index in [-0.39, 0.29) is 17.9 Å². The molecule has 0 aliphatic carbocycles. The minimum Gasteiger partial charge on any atom is -0.496 e. The molecule has 4 nitrogen and oxygen atoms in total. The molecule has 4 rings (SSSR count). The highest BCUT2D eigenvalue weighted by molar-refractivity contribution is 6.30. The van der Waals surface area contributed by atoms with E-state index in [1.807, 2.05) is 53.4 Å². The Bertz CT molecular complexity index is 1100. The number of rotatable bonds is 3. The number of nitrogens with zero attached hydrogens (tertiary/aromatic N) is 1. The summed E-state index contributed by atoms with van der Waals surface area (Å²) in [5, 5.41) is 2.65. The van der Waals surface area contributed by atoms with Crippen molar-refractivity contribution in [2.24, 2.45) is 5.41 Å². The monoisotopic (exact) mass is 423 g/mol. The van der Waals surface area contributed by atoms with Gasteiger partial charge in [0.05, 0.1) is 7.11 Å². The molecule has 5 heteroatoms. The van der Waals surface area contributed by atoms with Crippen LogP contribution in [0.25, 0.3) is 10.8 Å². The molecule has 3 aromatic rings. The minimum atomic E-state index is -0.413. The minimum absolute atomic E-state index is 0.00734. The van der Waals surface area contributed by atoms with Crippen LogP contribution in [0.2, 0.25) is 5.02 Å². The Morgan fingerprint density at radius 2 is 1.80 bits per heavy atom. The summed E-state index contributed by atoms with van der Waals surface area (Å²) in [7, 11) is 1.67. The van der Waals surface area contributed by atoms with Gasteiger partial charge in [0.1, 0.15) is 18.5 Å². The summed E-state index contributed by atoms with van der Waals surface area (Å²) in [6.07, 6.45) is -0.413. The first-order valence-electron chi connectivity index (χ1n) is 10.1. The summed E-state index contributed by atoms with van der Waals surface area (Å²) in [5.74, 6) is 0.758. The fourth-order valence-electron chi connectivity index (χ4n) is 4.04. The molecule has 0 saturated heterocycles. The van der Waals surface area contributed by atoms with Gasteiger partial charge in [0.2, 0.25) is 0 Å². The Balaban J connectivity index is 1.92. The number of hydrogen-bond donors (Lipinski definition) is 0. The average Bonchev–Trinajstić information content (AvgIpc) is 2.83. The van der Waals surface area contributed by atoms with Gasteiger partial charge in [-0.3, -0.25) is 4.79 Å².